The summed E-state index contributed by atoms with van der Waals surface area (Å²) in [5, 5.41) is 15.4. The zero-order chi connectivity index (χ0) is 14.5. The topological polar surface area (TPSA) is 67.5 Å². The predicted molar refractivity (Wildman–Crippen MR) is 80.8 cm³/mol. The molecular weight excluding hydrogens is 301 g/mol. The van der Waals surface area contributed by atoms with Crippen molar-refractivity contribution < 1.29 is 4.92 Å². The van der Waals surface area contributed by atoms with E-state index < -0.39 is 4.92 Å². The van der Waals surface area contributed by atoms with Crippen molar-refractivity contribution in [3.63, 3.8) is 0 Å². The highest BCUT2D eigenvalue weighted by molar-refractivity contribution is 6.43. The van der Waals surface area contributed by atoms with Crippen LogP contribution in [0.15, 0.2) is 47.6 Å². The second-order valence-electron chi connectivity index (χ2n) is 3.82. The van der Waals surface area contributed by atoms with Crippen molar-refractivity contribution in [1.29, 1.82) is 0 Å². The molecule has 20 heavy (non-hydrogen) atoms. The van der Waals surface area contributed by atoms with Crippen molar-refractivity contribution in [2.75, 3.05) is 5.43 Å². The maximum absolute atomic E-state index is 10.6. The second kappa shape index (κ2) is 6.36. The van der Waals surface area contributed by atoms with Crippen LogP contribution < -0.4 is 5.43 Å². The third kappa shape index (κ3) is 3.46. The molecule has 0 bridgehead atoms. The molecule has 0 saturated carbocycles. The molecule has 0 aliphatic rings. The number of nitro groups is 1. The Morgan fingerprint density at radius 3 is 2.70 bits per heavy atom. The summed E-state index contributed by atoms with van der Waals surface area (Å²) in [5.41, 5.74) is 3.85. The average molecular weight is 310 g/mol. The van der Waals surface area contributed by atoms with E-state index in [4.69, 9.17) is 23.2 Å². The largest absolute Gasteiger partial charge is 0.278 e. The van der Waals surface area contributed by atoms with Crippen LogP contribution in [-0.2, 0) is 0 Å². The number of non-ortho nitro benzene ring substituents is 1. The lowest BCUT2D eigenvalue weighted by Gasteiger charge is -2.01. The molecule has 0 unspecified atom stereocenters. The molecule has 0 aliphatic heterocycles. The molecule has 0 spiro atoms. The van der Waals surface area contributed by atoms with Gasteiger partial charge in [0.2, 0.25) is 0 Å². The summed E-state index contributed by atoms with van der Waals surface area (Å²) in [7, 11) is 0. The van der Waals surface area contributed by atoms with Crippen LogP contribution in [0.2, 0.25) is 10.0 Å². The number of benzene rings is 2. The number of nitrogens with one attached hydrogen (secondary N) is 1. The summed E-state index contributed by atoms with van der Waals surface area (Å²) < 4.78 is 0. The van der Waals surface area contributed by atoms with Gasteiger partial charge in [-0.15, -0.1) is 0 Å². The van der Waals surface area contributed by atoms with Crippen molar-refractivity contribution in [3.8, 4) is 0 Å². The fraction of sp³-hybridized carbons (Fsp3) is 0. The summed E-state index contributed by atoms with van der Waals surface area (Å²) in [6, 6.07) is 11.2. The number of rotatable bonds is 4. The zero-order valence-corrected chi connectivity index (χ0v) is 11.6. The van der Waals surface area contributed by atoms with Crippen LogP contribution in [0.1, 0.15) is 5.56 Å². The molecule has 0 fully saturated rings. The summed E-state index contributed by atoms with van der Waals surface area (Å²) in [6.07, 6.45) is 1.49. The van der Waals surface area contributed by atoms with Gasteiger partial charge in [-0.2, -0.15) is 5.10 Å². The summed E-state index contributed by atoms with van der Waals surface area (Å²) in [5.74, 6) is 0. The molecule has 2 aromatic carbocycles. The van der Waals surface area contributed by atoms with E-state index in [9.17, 15) is 10.1 Å². The maximum Gasteiger partial charge on any atom is 0.271 e. The lowest BCUT2D eigenvalue weighted by Crippen LogP contribution is -1.93. The molecule has 0 amide bonds. The van der Waals surface area contributed by atoms with Gasteiger partial charge in [0.25, 0.3) is 5.69 Å². The highest BCUT2D eigenvalue weighted by Crippen LogP contribution is 2.24. The van der Waals surface area contributed by atoms with Gasteiger partial charge in [-0.05, 0) is 12.1 Å². The van der Waals surface area contributed by atoms with E-state index in [1.54, 1.807) is 30.3 Å². The van der Waals surface area contributed by atoms with Gasteiger partial charge in [0.1, 0.15) is 0 Å². The van der Waals surface area contributed by atoms with Gasteiger partial charge in [0.15, 0.2) is 0 Å². The number of hydrogen-bond donors (Lipinski definition) is 1. The van der Waals surface area contributed by atoms with Gasteiger partial charge in [-0.25, -0.2) is 0 Å². The van der Waals surface area contributed by atoms with Crippen molar-refractivity contribution in [1.82, 2.24) is 0 Å². The third-order valence-electron chi connectivity index (χ3n) is 2.44. The molecule has 102 valence electrons. The number of nitrogens with zero attached hydrogens (tertiary/aromatic N) is 2. The first-order chi connectivity index (χ1) is 9.58. The molecule has 0 heterocycles. The van der Waals surface area contributed by atoms with Gasteiger partial charge in [0, 0.05) is 17.7 Å². The van der Waals surface area contributed by atoms with E-state index in [0.717, 1.165) is 0 Å². The van der Waals surface area contributed by atoms with Crippen molar-refractivity contribution >= 4 is 40.8 Å². The quantitative estimate of drug-likeness (QED) is 0.518. The van der Waals surface area contributed by atoms with E-state index >= 15 is 0 Å². The number of halogens is 2. The van der Waals surface area contributed by atoms with Gasteiger partial charge >= 0.3 is 0 Å². The molecule has 0 aromatic heterocycles. The first-order valence-corrected chi connectivity index (χ1v) is 6.31. The molecule has 0 radical (unpaired) electrons. The number of hydrogen-bond acceptors (Lipinski definition) is 4. The van der Waals surface area contributed by atoms with Gasteiger partial charge in [0.05, 0.1) is 26.9 Å². The monoisotopic (exact) mass is 309 g/mol. The Bertz CT molecular complexity index is 674. The van der Waals surface area contributed by atoms with Crippen LogP contribution in [0.5, 0.6) is 0 Å². The Labute approximate surface area is 125 Å². The van der Waals surface area contributed by atoms with Crippen LogP contribution in [0, 0.1) is 10.1 Å². The summed E-state index contributed by atoms with van der Waals surface area (Å²) in [4.78, 5) is 10.2. The lowest BCUT2D eigenvalue weighted by atomic mass is 10.2. The van der Waals surface area contributed by atoms with Crippen LogP contribution in [0.3, 0.4) is 0 Å². The Morgan fingerprint density at radius 1 is 1.20 bits per heavy atom. The zero-order valence-electron chi connectivity index (χ0n) is 10.1. The lowest BCUT2D eigenvalue weighted by molar-refractivity contribution is -0.384. The van der Waals surface area contributed by atoms with E-state index in [0.29, 0.717) is 21.3 Å². The normalized spacial score (nSPS) is 10.7. The minimum Gasteiger partial charge on any atom is -0.278 e. The molecule has 5 nitrogen and oxygen atoms in total. The molecule has 0 saturated heterocycles. The Balaban J connectivity index is 2.12. The van der Waals surface area contributed by atoms with E-state index in [1.165, 1.54) is 18.3 Å². The number of hydrazone groups is 1. The van der Waals surface area contributed by atoms with Gasteiger partial charge in [-0.1, -0.05) is 41.4 Å². The van der Waals surface area contributed by atoms with Crippen molar-refractivity contribution in [2.24, 2.45) is 5.10 Å². The number of anilines is 1. The van der Waals surface area contributed by atoms with Crippen LogP contribution in [-0.4, -0.2) is 11.1 Å². The van der Waals surface area contributed by atoms with E-state index in [1.807, 2.05) is 0 Å². The fourth-order valence-corrected chi connectivity index (χ4v) is 1.84. The SMILES string of the molecule is O=[N+]([O-])c1cccc(N/N=C\c2cccc(Cl)c2Cl)c1. The maximum atomic E-state index is 10.6. The Kier molecular flexibility index (Phi) is 4.55. The molecule has 2 aromatic rings. The summed E-state index contributed by atoms with van der Waals surface area (Å²) in [6.45, 7) is 0. The van der Waals surface area contributed by atoms with E-state index in [2.05, 4.69) is 10.5 Å². The first-order valence-electron chi connectivity index (χ1n) is 5.55. The van der Waals surface area contributed by atoms with Crippen LogP contribution >= 0.6 is 23.2 Å². The van der Waals surface area contributed by atoms with Crippen molar-refractivity contribution in [2.45, 2.75) is 0 Å². The number of nitro benzene ring substituents is 1. The van der Waals surface area contributed by atoms with Crippen LogP contribution in [0.4, 0.5) is 11.4 Å². The summed E-state index contributed by atoms with van der Waals surface area (Å²) >= 11 is 11.9. The molecule has 2 rings (SSSR count). The second-order valence-corrected chi connectivity index (χ2v) is 4.61. The standard InChI is InChI=1S/C13H9Cl2N3O2/c14-12-6-1-3-9(13(12)15)8-16-17-10-4-2-5-11(7-10)18(19)20/h1-8,17H/b16-8-. The molecule has 0 aliphatic carbocycles. The first kappa shape index (κ1) is 14.3. The molecular formula is C13H9Cl2N3O2. The molecule has 1 N–H and O–H groups in total. The highest BCUT2D eigenvalue weighted by atomic mass is 35.5. The fourth-order valence-electron chi connectivity index (χ4n) is 1.49. The minimum atomic E-state index is -0.470. The van der Waals surface area contributed by atoms with E-state index in [-0.39, 0.29) is 5.69 Å². The van der Waals surface area contributed by atoms with Gasteiger partial charge < -0.3 is 0 Å². The third-order valence-corrected chi connectivity index (χ3v) is 3.27. The minimum absolute atomic E-state index is 0.00834. The predicted octanol–water partition coefficient (Wildman–Crippen LogP) is 4.35. The Hall–Kier alpha value is -2.11. The van der Waals surface area contributed by atoms with Crippen LogP contribution in [0.25, 0.3) is 0 Å². The average Bonchev–Trinajstić information content (AvgIpc) is 2.44. The van der Waals surface area contributed by atoms with Gasteiger partial charge in [-0.3, -0.25) is 15.5 Å². The smallest absolute Gasteiger partial charge is 0.271 e. The molecule has 7 heteroatoms. The van der Waals surface area contributed by atoms with Crippen molar-refractivity contribution in [3.05, 3.63) is 68.2 Å². The highest BCUT2D eigenvalue weighted by Gasteiger charge is 2.05. The molecule has 0 atom stereocenters. The Morgan fingerprint density at radius 2 is 1.95 bits per heavy atom.